The van der Waals surface area contributed by atoms with E-state index < -0.39 is 0 Å². The molecule has 0 unspecified atom stereocenters. The monoisotopic (exact) mass is 590 g/mol. The number of aromatic nitrogens is 2. The molecule has 0 amide bonds. The summed E-state index contributed by atoms with van der Waals surface area (Å²) in [7, 11) is 0. The van der Waals surface area contributed by atoms with Gasteiger partial charge in [-0.2, -0.15) is 0 Å². The van der Waals surface area contributed by atoms with E-state index in [4.69, 9.17) is 14.4 Å². The van der Waals surface area contributed by atoms with Gasteiger partial charge in [0.1, 0.15) is 11.2 Å². The molecule has 0 atom stereocenters. The summed E-state index contributed by atoms with van der Waals surface area (Å²) >= 11 is 0. The van der Waals surface area contributed by atoms with Crippen LogP contribution in [0, 0.1) is 0 Å². The Balaban J connectivity index is 1.11. The molecule has 0 saturated carbocycles. The van der Waals surface area contributed by atoms with E-state index in [1.54, 1.807) is 0 Å². The summed E-state index contributed by atoms with van der Waals surface area (Å²) < 4.78 is 6.29. The second kappa shape index (κ2) is 10.1. The number of nitrogens with zero attached hydrogens (tertiary/aromatic N) is 2. The molecular formula is C43H30N2O. The first-order chi connectivity index (χ1) is 22.5. The first-order valence-electron chi connectivity index (χ1n) is 15.7. The van der Waals surface area contributed by atoms with Gasteiger partial charge >= 0.3 is 0 Å². The second-order valence-electron chi connectivity index (χ2n) is 12.6. The van der Waals surface area contributed by atoms with Gasteiger partial charge in [-0.25, -0.2) is 9.97 Å². The minimum atomic E-state index is -0.100. The van der Waals surface area contributed by atoms with E-state index >= 15 is 0 Å². The fourth-order valence-corrected chi connectivity index (χ4v) is 7.05. The molecule has 46 heavy (non-hydrogen) atoms. The summed E-state index contributed by atoms with van der Waals surface area (Å²) in [6, 6.07) is 51.1. The third kappa shape index (κ3) is 4.20. The van der Waals surface area contributed by atoms with Crippen LogP contribution in [0.5, 0.6) is 0 Å². The summed E-state index contributed by atoms with van der Waals surface area (Å²) in [6.07, 6.45) is 0. The topological polar surface area (TPSA) is 38.9 Å². The predicted octanol–water partition coefficient (Wildman–Crippen LogP) is 11.4. The van der Waals surface area contributed by atoms with Crippen molar-refractivity contribution in [1.29, 1.82) is 0 Å². The highest BCUT2D eigenvalue weighted by atomic mass is 16.3. The second-order valence-corrected chi connectivity index (χ2v) is 12.6. The van der Waals surface area contributed by atoms with Crippen molar-refractivity contribution in [2.24, 2.45) is 0 Å². The van der Waals surface area contributed by atoms with Gasteiger partial charge in [0.2, 0.25) is 0 Å². The Kier molecular flexibility index (Phi) is 5.85. The molecule has 0 radical (unpaired) electrons. The lowest BCUT2D eigenvalue weighted by Crippen LogP contribution is -2.14. The average molecular weight is 591 g/mol. The fraction of sp³-hybridized carbons (Fsp3) is 0.0698. The van der Waals surface area contributed by atoms with Crippen LogP contribution in [0.15, 0.2) is 150 Å². The normalized spacial score (nSPS) is 13.2. The SMILES string of the molecule is CC1(C)c2ccc(-c3ccc(-c4nc(-c5ccccc5)cc(-c5ccccc5)n4)cc3)cc2-c2cc3oc4ccccc4c3cc21. The summed E-state index contributed by atoms with van der Waals surface area (Å²) in [5.41, 5.74) is 14.3. The van der Waals surface area contributed by atoms with E-state index in [-0.39, 0.29) is 5.41 Å². The lowest BCUT2D eigenvalue weighted by atomic mass is 9.81. The molecule has 2 heterocycles. The molecule has 2 aromatic heterocycles. The number of hydrogen-bond acceptors (Lipinski definition) is 3. The maximum absolute atomic E-state index is 6.29. The van der Waals surface area contributed by atoms with Crippen LogP contribution in [-0.4, -0.2) is 9.97 Å². The molecule has 3 nitrogen and oxygen atoms in total. The van der Waals surface area contributed by atoms with E-state index in [0.717, 1.165) is 44.8 Å². The van der Waals surface area contributed by atoms with Gasteiger partial charge < -0.3 is 4.42 Å². The average Bonchev–Trinajstić information content (AvgIpc) is 3.59. The molecule has 0 aliphatic heterocycles. The molecule has 0 bridgehead atoms. The van der Waals surface area contributed by atoms with E-state index in [9.17, 15) is 0 Å². The fourth-order valence-electron chi connectivity index (χ4n) is 7.05. The number of rotatable bonds is 4. The number of hydrogen-bond donors (Lipinski definition) is 0. The van der Waals surface area contributed by atoms with Crippen molar-refractivity contribution < 1.29 is 4.42 Å². The van der Waals surface area contributed by atoms with Gasteiger partial charge in [-0.1, -0.05) is 129 Å². The number of furan rings is 1. The molecule has 0 N–H and O–H groups in total. The Morgan fingerprint density at radius 3 is 1.72 bits per heavy atom. The minimum absolute atomic E-state index is 0.100. The van der Waals surface area contributed by atoms with Gasteiger partial charge in [0, 0.05) is 32.9 Å². The van der Waals surface area contributed by atoms with Crippen LogP contribution in [0.3, 0.4) is 0 Å². The van der Waals surface area contributed by atoms with Crippen LogP contribution in [0.25, 0.3) is 78.1 Å². The molecule has 3 heteroatoms. The van der Waals surface area contributed by atoms with Gasteiger partial charge in [0.25, 0.3) is 0 Å². The molecule has 1 aliphatic rings. The molecule has 0 fully saturated rings. The van der Waals surface area contributed by atoms with Crippen molar-refractivity contribution in [3.63, 3.8) is 0 Å². The summed E-state index contributed by atoms with van der Waals surface area (Å²) in [5, 5.41) is 2.35. The van der Waals surface area contributed by atoms with Crippen molar-refractivity contribution >= 4 is 21.9 Å². The van der Waals surface area contributed by atoms with E-state index in [1.165, 1.54) is 38.6 Å². The lowest BCUT2D eigenvalue weighted by molar-refractivity contribution is 0.658. The van der Waals surface area contributed by atoms with Crippen molar-refractivity contribution in [2.45, 2.75) is 19.3 Å². The van der Waals surface area contributed by atoms with Crippen molar-refractivity contribution in [1.82, 2.24) is 9.97 Å². The van der Waals surface area contributed by atoms with Crippen LogP contribution < -0.4 is 0 Å². The number of fused-ring (bicyclic) bond motifs is 6. The maximum Gasteiger partial charge on any atom is 0.160 e. The third-order valence-corrected chi connectivity index (χ3v) is 9.51. The summed E-state index contributed by atoms with van der Waals surface area (Å²) in [4.78, 5) is 10.0. The Morgan fingerprint density at radius 2 is 1.02 bits per heavy atom. The van der Waals surface area contributed by atoms with Gasteiger partial charge in [0.05, 0.1) is 11.4 Å². The minimum Gasteiger partial charge on any atom is -0.456 e. The molecule has 0 spiro atoms. The van der Waals surface area contributed by atoms with Gasteiger partial charge in [0.15, 0.2) is 5.82 Å². The van der Waals surface area contributed by atoms with Crippen LogP contribution >= 0.6 is 0 Å². The van der Waals surface area contributed by atoms with Crippen molar-refractivity contribution in [3.8, 4) is 56.2 Å². The van der Waals surface area contributed by atoms with Gasteiger partial charge in [-0.3, -0.25) is 0 Å². The molecule has 1 aliphatic carbocycles. The molecule has 218 valence electrons. The van der Waals surface area contributed by atoms with E-state index in [2.05, 4.69) is 111 Å². The third-order valence-electron chi connectivity index (χ3n) is 9.51. The zero-order chi connectivity index (χ0) is 30.8. The van der Waals surface area contributed by atoms with Crippen LogP contribution in [0.1, 0.15) is 25.0 Å². The molecule has 8 aromatic rings. The maximum atomic E-state index is 6.29. The lowest BCUT2D eigenvalue weighted by Gasteiger charge is -2.21. The molecular weight excluding hydrogens is 560 g/mol. The Morgan fingerprint density at radius 1 is 0.435 bits per heavy atom. The smallest absolute Gasteiger partial charge is 0.160 e. The number of para-hydroxylation sites is 1. The zero-order valence-corrected chi connectivity index (χ0v) is 25.7. The first-order valence-corrected chi connectivity index (χ1v) is 15.7. The molecule has 0 saturated heterocycles. The van der Waals surface area contributed by atoms with Gasteiger partial charge in [-0.15, -0.1) is 0 Å². The van der Waals surface area contributed by atoms with Crippen LogP contribution in [0.4, 0.5) is 0 Å². The Bertz CT molecular complexity index is 2360. The predicted molar refractivity (Wildman–Crippen MR) is 189 cm³/mol. The Hall–Kier alpha value is -5.80. The molecule has 9 rings (SSSR count). The van der Waals surface area contributed by atoms with Gasteiger partial charge in [-0.05, 0) is 63.7 Å². The highest BCUT2D eigenvalue weighted by molar-refractivity contribution is 6.07. The van der Waals surface area contributed by atoms with Crippen molar-refractivity contribution in [2.75, 3.05) is 0 Å². The van der Waals surface area contributed by atoms with Crippen LogP contribution in [0.2, 0.25) is 0 Å². The number of benzene rings is 6. The van der Waals surface area contributed by atoms with Crippen LogP contribution in [-0.2, 0) is 5.41 Å². The van der Waals surface area contributed by atoms with E-state index in [0.29, 0.717) is 5.82 Å². The van der Waals surface area contributed by atoms with E-state index in [1.807, 2.05) is 48.5 Å². The first kappa shape index (κ1) is 26.6. The summed E-state index contributed by atoms with van der Waals surface area (Å²) in [5.74, 6) is 0.714. The highest BCUT2D eigenvalue weighted by Crippen LogP contribution is 2.51. The van der Waals surface area contributed by atoms with Crippen molar-refractivity contribution in [3.05, 3.63) is 157 Å². The zero-order valence-electron chi connectivity index (χ0n) is 25.7. The largest absolute Gasteiger partial charge is 0.456 e. The standard InChI is InChI=1S/C43H30N2O/c1-43(2)36-22-21-31(23-33(36)34-25-41-35(24-37(34)43)32-15-9-10-16-40(32)46-41)27-17-19-30(20-18-27)42-44-38(28-11-5-3-6-12-28)26-39(45-42)29-13-7-4-8-14-29/h3-26H,1-2H3. The Labute approximate surface area is 267 Å². The molecule has 6 aromatic carbocycles. The summed E-state index contributed by atoms with van der Waals surface area (Å²) in [6.45, 7) is 4.65. The highest BCUT2D eigenvalue weighted by Gasteiger charge is 2.36. The quantitative estimate of drug-likeness (QED) is 0.205.